The summed E-state index contributed by atoms with van der Waals surface area (Å²) < 4.78 is 1.63. The number of hydrogen-bond acceptors (Lipinski definition) is 4. The van der Waals surface area contributed by atoms with Gasteiger partial charge in [-0.2, -0.15) is 5.10 Å². The second kappa shape index (κ2) is 6.65. The van der Waals surface area contributed by atoms with Crippen molar-refractivity contribution in [1.82, 2.24) is 9.78 Å². The highest BCUT2D eigenvalue weighted by atomic mass is 35.5. The van der Waals surface area contributed by atoms with Crippen molar-refractivity contribution in [2.24, 2.45) is 0 Å². The van der Waals surface area contributed by atoms with E-state index in [2.05, 4.69) is 10.00 Å². The number of fused-ring (bicyclic) bond motifs is 1. The van der Waals surface area contributed by atoms with Gasteiger partial charge in [-0.25, -0.2) is 0 Å². The van der Waals surface area contributed by atoms with Crippen LogP contribution in [0.3, 0.4) is 0 Å². The lowest BCUT2D eigenvalue weighted by atomic mass is 10.1. The Balaban J connectivity index is 1.95. The minimum absolute atomic E-state index is 0.308. The zero-order valence-corrected chi connectivity index (χ0v) is 14.5. The summed E-state index contributed by atoms with van der Waals surface area (Å²) in [5.74, 6) is -1.10. The Hall–Kier alpha value is -2.34. The Labute approximate surface area is 145 Å². The van der Waals surface area contributed by atoms with Crippen LogP contribution in [0.25, 0.3) is 0 Å². The molecule has 0 atom stereocenters. The minimum Gasteiger partial charge on any atom is -0.373 e. The normalized spacial score (nSPS) is 14.3. The Morgan fingerprint density at radius 3 is 2.75 bits per heavy atom. The van der Waals surface area contributed by atoms with E-state index in [-0.39, 0.29) is 0 Å². The molecule has 1 aromatic carbocycles. The van der Waals surface area contributed by atoms with Crippen molar-refractivity contribution in [3.8, 4) is 0 Å². The predicted octanol–water partition coefficient (Wildman–Crippen LogP) is 2.61. The molecule has 0 unspecified atom stereocenters. The van der Waals surface area contributed by atoms with Gasteiger partial charge in [0.05, 0.1) is 23.1 Å². The van der Waals surface area contributed by atoms with Gasteiger partial charge in [-0.1, -0.05) is 11.6 Å². The molecule has 3 rings (SSSR count). The van der Waals surface area contributed by atoms with Gasteiger partial charge < -0.3 is 9.80 Å². The van der Waals surface area contributed by atoms with Crippen LogP contribution < -0.4 is 9.80 Å². The number of anilines is 2. The molecule has 1 amide bonds. The van der Waals surface area contributed by atoms with Gasteiger partial charge in [0.2, 0.25) is 0 Å². The predicted molar refractivity (Wildman–Crippen MR) is 93.9 cm³/mol. The summed E-state index contributed by atoms with van der Waals surface area (Å²) in [6.45, 7) is 3.85. The molecule has 0 radical (unpaired) electrons. The van der Waals surface area contributed by atoms with Crippen LogP contribution >= 0.6 is 11.6 Å². The van der Waals surface area contributed by atoms with E-state index >= 15 is 0 Å². The number of halogens is 1. The molecule has 1 aromatic heterocycles. The standard InChI is InChI=1S/C17H19ClN4O2/c1-3-21-11-12(10-19-21)16(23)17(24)22-8-4-7-20(2)14-6-5-13(18)9-15(14)22/h5-6,9-11H,3-4,7-8H2,1-2H3. The van der Waals surface area contributed by atoms with E-state index in [0.717, 1.165) is 18.7 Å². The van der Waals surface area contributed by atoms with Gasteiger partial charge in [0.25, 0.3) is 11.7 Å². The first-order valence-corrected chi connectivity index (χ1v) is 8.28. The second-order valence-electron chi connectivity index (χ2n) is 5.78. The summed E-state index contributed by atoms with van der Waals surface area (Å²) in [7, 11) is 1.97. The van der Waals surface area contributed by atoms with Crippen molar-refractivity contribution >= 4 is 34.7 Å². The van der Waals surface area contributed by atoms with Gasteiger partial charge >= 0.3 is 0 Å². The molecule has 0 bridgehead atoms. The summed E-state index contributed by atoms with van der Waals surface area (Å²) in [6, 6.07) is 5.40. The fourth-order valence-electron chi connectivity index (χ4n) is 2.85. The number of hydrogen-bond donors (Lipinski definition) is 0. The van der Waals surface area contributed by atoms with Crippen LogP contribution in [0.2, 0.25) is 5.02 Å². The number of carbonyl (C=O) groups is 2. The average molecular weight is 347 g/mol. The summed E-state index contributed by atoms with van der Waals surface area (Å²) >= 11 is 6.11. The lowest BCUT2D eigenvalue weighted by molar-refractivity contribution is -0.114. The van der Waals surface area contributed by atoms with Crippen molar-refractivity contribution in [3.05, 3.63) is 41.2 Å². The van der Waals surface area contributed by atoms with E-state index in [4.69, 9.17) is 11.6 Å². The Morgan fingerprint density at radius 1 is 1.25 bits per heavy atom. The smallest absolute Gasteiger partial charge is 0.299 e. The highest BCUT2D eigenvalue weighted by Gasteiger charge is 2.29. The third kappa shape index (κ3) is 3.01. The number of aryl methyl sites for hydroxylation is 1. The van der Waals surface area contributed by atoms with Gasteiger partial charge in [-0.3, -0.25) is 14.3 Å². The Morgan fingerprint density at radius 2 is 2.04 bits per heavy atom. The lowest BCUT2D eigenvalue weighted by Gasteiger charge is -2.24. The summed E-state index contributed by atoms with van der Waals surface area (Å²) in [5, 5.41) is 4.60. The van der Waals surface area contributed by atoms with Crippen LogP contribution in [0.4, 0.5) is 11.4 Å². The quantitative estimate of drug-likeness (QED) is 0.633. The van der Waals surface area contributed by atoms with E-state index < -0.39 is 11.7 Å². The Bertz CT molecular complexity index is 787. The molecule has 126 valence electrons. The molecule has 0 spiro atoms. The van der Waals surface area contributed by atoms with E-state index in [0.29, 0.717) is 29.4 Å². The third-order valence-electron chi connectivity index (χ3n) is 4.17. The van der Waals surface area contributed by atoms with Crippen molar-refractivity contribution in [3.63, 3.8) is 0 Å². The van der Waals surface area contributed by atoms with Gasteiger partial charge in [0.1, 0.15) is 0 Å². The van der Waals surface area contributed by atoms with Crippen LogP contribution in [0.15, 0.2) is 30.6 Å². The first kappa shape index (κ1) is 16.5. The summed E-state index contributed by atoms with van der Waals surface area (Å²) in [6.07, 6.45) is 3.81. The molecule has 7 heteroatoms. The van der Waals surface area contributed by atoms with Crippen LogP contribution in [-0.4, -0.2) is 41.6 Å². The number of carbonyl (C=O) groups excluding carboxylic acids is 2. The minimum atomic E-state index is -0.551. The molecule has 24 heavy (non-hydrogen) atoms. The van der Waals surface area contributed by atoms with Gasteiger partial charge in [-0.05, 0) is 31.5 Å². The van der Waals surface area contributed by atoms with Crippen LogP contribution in [0.1, 0.15) is 23.7 Å². The molecule has 0 aliphatic carbocycles. The van der Waals surface area contributed by atoms with Crippen molar-refractivity contribution < 1.29 is 9.59 Å². The molecular formula is C17H19ClN4O2. The van der Waals surface area contributed by atoms with Crippen molar-refractivity contribution in [2.75, 3.05) is 29.9 Å². The third-order valence-corrected chi connectivity index (χ3v) is 4.41. The zero-order valence-electron chi connectivity index (χ0n) is 13.7. The topological polar surface area (TPSA) is 58.4 Å². The highest BCUT2D eigenvalue weighted by molar-refractivity contribution is 6.47. The highest BCUT2D eigenvalue weighted by Crippen LogP contribution is 2.34. The molecule has 1 aliphatic heterocycles. The summed E-state index contributed by atoms with van der Waals surface area (Å²) in [4.78, 5) is 29.0. The molecule has 2 heterocycles. The van der Waals surface area contributed by atoms with Crippen LogP contribution in [0.5, 0.6) is 0 Å². The number of rotatable bonds is 3. The number of nitrogens with zero attached hydrogens (tertiary/aromatic N) is 4. The van der Waals surface area contributed by atoms with Crippen LogP contribution in [0, 0.1) is 0 Å². The molecule has 0 fully saturated rings. The maximum Gasteiger partial charge on any atom is 0.299 e. The lowest BCUT2D eigenvalue weighted by Crippen LogP contribution is -2.37. The number of aromatic nitrogens is 2. The monoisotopic (exact) mass is 346 g/mol. The second-order valence-corrected chi connectivity index (χ2v) is 6.22. The first-order chi connectivity index (χ1) is 11.5. The van der Waals surface area contributed by atoms with Gasteiger partial charge in [0, 0.05) is 37.9 Å². The van der Waals surface area contributed by atoms with Crippen molar-refractivity contribution in [1.29, 1.82) is 0 Å². The molecule has 0 saturated heterocycles. The molecule has 0 saturated carbocycles. The van der Waals surface area contributed by atoms with Gasteiger partial charge in [-0.15, -0.1) is 0 Å². The van der Waals surface area contributed by atoms with E-state index in [9.17, 15) is 9.59 Å². The van der Waals surface area contributed by atoms with Gasteiger partial charge in [0.15, 0.2) is 0 Å². The first-order valence-electron chi connectivity index (χ1n) is 7.90. The maximum absolute atomic E-state index is 12.8. The molecule has 6 nitrogen and oxygen atoms in total. The average Bonchev–Trinajstić information content (AvgIpc) is 3.00. The zero-order chi connectivity index (χ0) is 17.3. The van der Waals surface area contributed by atoms with Crippen LogP contribution in [-0.2, 0) is 11.3 Å². The largest absolute Gasteiger partial charge is 0.373 e. The summed E-state index contributed by atoms with van der Waals surface area (Å²) in [5.41, 5.74) is 1.87. The number of benzene rings is 1. The number of ketones is 1. The Kier molecular flexibility index (Phi) is 4.57. The van der Waals surface area contributed by atoms with E-state index in [1.165, 1.54) is 11.1 Å². The van der Waals surface area contributed by atoms with E-state index in [1.807, 2.05) is 20.0 Å². The molecule has 0 N–H and O–H groups in total. The fraction of sp³-hybridized carbons (Fsp3) is 0.353. The number of Topliss-reactive ketones (excluding diaryl/α,β-unsaturated/α-hetero) is 1. The van der Waals surface area contributed by atoms with E-state index in [1.54, 1.807) is 23.0 Å². The molecule has 2 aromatic rings. The molecular weight excluding hydrogens is 328 g/mol. The molecule has 1 aliphatic rings. The van der Waals surface area contributed by atoms with Crippen molar-refractivity contribution in [2.45, 2.75) is 19.9 Å². The number of amides is 1. The SMILES string of the molecule is CCn1cc(C(=O)C(=O)N2CCCN(C)c3ccc(Cl)cc32)cn1. The fourth-order valence-corrected chi connectivity index (χ4v) is 3.02. The maximum atomic E-state index is 12.8.